The van der Waals surface area contributed by atoms with Crippen molar-refractivity contribution in [1.82, 2.24) is 4.90 Å². The summed E-state index contributed by atoms with van der Waals surface area (Å²) in [6.45, 7) is 4.75. The van der Waals surface area contributed by atoms with Crippen molar-refractivity contribution >= 4 is 23.6 Å². The Morgan fingerprint density at radius 3 is 2.29 bits per heavy atom. The zero-order valence-electron chi connectivity index (χ0n) is 22.2. The van der Waals surface area contributed by atoms with E-state index in [1.807, 2.05) is 84.9 Å². The number of carbonyl (C=O) groups is 2. The molecule has 1 aliphatic rings. The quantitative estimate of drug-likeness (QED) is 0.278. The lowest BCUT2D eigenvalue weighted by molar-refractivity contribution is -0.160. The lowest BCUT2D eigenvalue weighted by Gasteiger charge is -2.37. The Labute approximate surface area is 229 Å². The molecule has 6 heteroatoms. The number of ether oxygens (including phenoxy) is 1. The molecule has 1 unspecified atom stereocenters. The topological polar surface area (TPSA) is 66.8 Å². The van der Waals surface area contributed by atoms with Gasteiger partial charge in [0, 0.05) is 24.9 Å². The van der Waals surface area contributed by atoms with Crippen LogP contribution in [0.3, 0.4) is 0 Å². The maximum Gasteiger partial charge on any atom is 0.349 e. The second-order valence-corrected chi connectivity index (χ2v) is 11.1. The van der Waals surface area contributed by atoms with Gasteiger partial charge in [-0.3, -0.25) is 4.79 Å². The summed E-state index contributed by atoms with van der Waals surface area (Å²) in [4.78, 5) is 29.1. The zero-order chi connectivity index (χ0) is 27.1. The van der Waals surface area contributed by atoms with Crippen molar-refractivity contribution in [2.45, 2.75) is 62.5 Å². The summed E-state index contributed by atoms with van der Waals surface area (Å²) >= 11 is 1.26. The minimum Gasteiger partial charge on any atom is -0.511 e. The second-order valence-electron chi connectivity index (χ2n) is 10.1. The molecule has 0 saturated heterocycles. The van der Waals surface area contributed by atoms with Crippen molar-refractivity contribution in [2.24, 2.45) is 0 Å². The first kappa shape index (κ1) is 27.5. The predicted octanol–water partition coefficient (Wildman–Crippen LogP) is 7.34. The van der Waals surface area contributed by atoms with Crippen molar-refractivity contribution in [2.75, 3.05) is 7.05 Å². The van der Waals surface area contributed by atoms with Crippen LogP contribution in [0.4, 0.5) is 0 Å². The lowest BCUT2D eigenvalue weighted by Crippen LogP contribution is -2.38. The van der Waals surface area contributed by atoms with Gasteiger partial charge in [-0.1, -0.05) is 104 Å². The molecule has 0 aromatic heterocycles. The van der Waals surface area contributed by atoms with Gasteiger partial charge in [-0.25, -0.2) is 4.79 Å². The molecule has 198 valence electrons. The summed E-state index contributed by atoms with van der Waals surface area (Å²) in [7, 11) is 1.80. The van der Waals surface area contributed by atoms with E-state index < -0.39 is 11.6 Å². The molecule has 0 bridgehead atoms. The van der Waals surface area contributed by atoms with Gasteiger partial charge in [0.2, 0.25) is 5.91 Å². The van der Waals surface area contributed by atoms with Crippen LogP contribution in [0.5, 0.6) is 0 Å². The first-order valence-electron chi connectivity index (χ1n) is 13.0. The van der Waals surface area contributed by atoms with Crippen molar-refractivity contribution < 1.29 is 19.4 Å². The zero-order valence-corrected chi connectivity index (χ0v) is 23.0. The highest BCUT2D eigenvalue weighted by molar-refractivity contribution is 8.04. The number of aliphatic hydroxyl groups is 1. The van der Waals surface area contributed by atoms with E-state index in [0.717, 1.165) is 21.6 Å². The molecule has 3 aromatic carbocycles. The van der Waals surface area contributed by atoms with Crippen LogP contribution in [-0.2, 0) is 26.5 Å². The Balaban J connectivity index is 1.50. The molecule has 4 rings (SSSR count). The molecule has 0 saturated carbocycles. The molecule has 0 fully saturated rings. The third-order valence-corrected chi connectivity index (χ3v) is 8.10. The Hall–Kier alpha value is -3.51. The lowest BCUT2D eigenvalue weighted by atomic mass is 9.83. The van der Waals surface area contributed by atoms with Crippen LogP contribution >= 0.6 is 11.8 Å². The van der Waals surface area contributed by atoms with Crippen LogP contribution in [0.2, 0.25) is 0 Å². The van der Waals surface area contributed by atoms with Crippen LogP contribution in [0.15, 0.2) is 100 Å². The highest BCUT2D eigenvalue weighted by Gasteiger charge is 2.43. The fourth-order valence-electron chi connectivity index (χ4n) is 4.84. The fraction of sp³-hybridized carbons (Fsp3) is 0.312. The number of esters is 1. The van der Waals surface area contributed by atoms with Crippen LogP contribution in [0, 0.1) is 0 Å². The van der Waals surface area contributed by atoms with Crippen molar-refractivity contribution in [3.8, 4) is 0 Å². The Bertz CT molecular complexity index is 1290. The molecular formula is C32H35NO4S. The van der Waals surface area contributed by atoms with Gasteiger partial charge in [0.25, 0.3) is 0 Å². The molecule has 1 aliphatic heterocycles. The number of amides is 1. The Morgan fingerprint density at radius 1 is 1.00 bits per heavy atom. The van der Waals surface area contributed by atoms with Gasteiger partial charge in [-0.05, 0) is 41.5 Å². The smallest absolute Gasteiger partial charge is 0.349 e. The van der Waals surface area contributed by atoms with Gasteiger partial charge in [0.1, 0.15) is 16.3 Å². The van der Waals surface area contributed by atoms with Gasteiger partial charge in [-0.2, -0.15) is 0 Å². The fourth-order valence-corrected chi connectivity index (χ4v) is 5.94. The number of rotatable bonds is 10. The number of carbonyl (C=O) groups excluding carboxylic acids is 2. The molecular weight excluding hydrogens is 494 g/mol. The molecule has 1 amide bonds. The van der Waals surface area contributed by atoms with E-state index in [0.29, 0.717) is 25.8 Å². The molecule has 1 heterocycles. The van der Waals surface area contributed by atoms with E-state index in [1.54, 1.807) is 11.9 Å². The molecule has 1 N–H and O–H groups in total. The first-order chi connectivity index (χ1) is 18.3. The summed E-state index contributed by atoms with van der Waals surface area (Å²) in [5.74, 6) is -0.197. The normalized spacial score (nSPS) is 17.4. The van der Waals surface area contributed by atoms with Crippen molar-refractivity contribution in [3.63, 3.8) is 0 Å². The standard InChI is InChI=1S/C32H35NO4S/c1-23(2)26-17-10-11-18-28(26)38-30-27(34)21-32(37-31(30)36,25-15-8-5-9-16-25)20-12-19-29(35)33(3)22-24-13-6-4-7-14-24/h4-11,13-18,23,34H,12,19-22H2,1-3H3. The first-order valence-corrected chi connectivity index (χ1v) is 13.9. The summed E-state index contributed by atoms with van der Waals surface area (Å²) in [6.07, 6.45) is 1.44. The molecule has 0 aliphatic carbocycles. The van der Waals surface area contributed by atoms with Gasteiger partial charge >= 0.3 is 5.97 Å². The minimum absolute atomic E-state index is 0.0282. The number of aliphatic hydroxyl groups excluding tert-OH is 1. The van der Waals surface area contributed by atoms with Crippen LogP contribution in [-0.4, -0.2) is 28.9 Å². The van der Waals surface area contributed by atoms with Crippen LogP contribution in [0.25, 0.3) is 0 Å². The SMILES string of the molecule is CC(C)c1ccccc1SC1=C(O)CC(CCCC(=O)N(C)Cc2ccccc2)(c2ccccc2)OC1=O. The second kappa shape index (κ2) is 12.4. The largest absolute Gasteiger partial charge is 0.511 e. The summed E-state index contributed by atoms with van der Waals surface area (Å²) < 4.78 is 6.15. The van der Waals surface area contributed by atoms with E-state index in [2.05, 4.69) is 13.8 Å². The van der Waals surface area contributed by atoms with Crippen molar-refractivity contribution in [3.05, 3.63) is 112 Å². The maximum absolute atomic E-state index is 13.4. The van der Waals surface area contributed by atoms with Gasteiger partial charge in [0.15, 0.2) is 0 Å². The van der Waals surface area contributed by atoms with Crippen LogP contribution in [0.1, 0.15) is 62.1 Å². The van der Waals surface area contributed by atoms with Gasteiger partial charge < -0.3 is 14.7 Å². The summed E-state index contributed by atoms with van der Waals surface area (Å²) in [6, 6.07) is 27.3. The van der Waals surface area contributed by atoms with E-state index >= 15 is 0 Å². The number of cyclic esters (lactones) is 1. The highest BCUT2D eigenvalue weighted by atomic mass is 32.2. The van der Waals surface area contributed by atoms with Gasteiger partial charge in [-0.15, -0.1) is 0 Å². The molecule has 0 spiro atoms. The number of benzene rings is 3. The minimum atomic E-state index is -1.03. The molecule has 5 nitrogen and oxygen atoms in total. The predicted molar refractivity (Wildman–Crippen MR) is 152 cm³/mol. The Morgan fingerprint density at radius 2 is 1.63 bits per heavy atom. The van der Waals surface area contributed by atoms with Crippen LogP contribution < -0.4 is 0 Å². The monoisotopic (exact) mass is 529 g/mol. The summed E-state index contributed by atoms with van der Waals surface area (Å²) in [5, 5.41) is 11.2. The van der Waals surface area contributed by atoms with E-state index in [1.165, 1.54) is 11.8 Å². The summed E-state index contributed by atoms with van der Waals surface area (Å²) in [5.41, 5.74) is 1.98. The number of thioether (sulfide) groups is 1. The van der Waals surface area contributed by atoms with Crippen molar-refractivity contribution in [1.29, 1.82) is 0 Å². The maximum atomic E-state index is 13.4. The highest BCUT2D eigenvalue weighted by Crippen LogP contribution is 2.46. The van der Waals surface area contributed by atoms with E-state index in [9.17, 15) is 14.7 Å². The average Bonchev–Trinajstić information content (AvgIpc) is 2.92. The average molecular weight is 530 g/mol. The van der Waals surface area contributed by atoms with E-state index in [4.69, 9.17) is 4.74 Å². The molecule has 0 radical (unpaired) electrons. The molecule has 3 aromatic rings. The molecule has 38 heavy (non-hydrogen) atoms. The third-order valence-electron chi connectivity index (χ3n) is 6.90. The number of hydrogen-bond acceptors (Lipinski definition) is 5. The number of hydrogen-bond donors (Lipinski definition) is 1. The third kappa shape index (κ3) is 6.48. The van der Waals surface area contributed by atoms with Gasteiger partial charge in [0.05, 0.1) is 6.42 Å². The Kier molecular flexibility index (Phi) is 8.95. The number of nitrogens with zero attached hydrogens (tertiary/aromatic N) is 1. The molecule has 1 atom stereocenters. The van der Waals surface area contributed by atoms with E-state index in [-0.39, 0.29) is 28.9 Å².